The Morgan fingerprint density at radius 1 is 1.61 bits per heavy atom. The van der Waals surface area contributed by atoms with Crippen LogP contribution in [0.1, 0.15) is 6.42 Å². The molecular weight excluding hydrogens is 235 g/mol. The zero-order valence-electron chi connectivity index (χ0n) is 10.4. The Morgan fingerprint density at radius 3 is 3.11 bits per heavy atom. The topological polar surface area (TPSA) is 41.6 Å². The van der Waals surface area contributed by atoms with E-state index < -0.39 is 0 Å². The van der Waals surface area contributed by atoms with Crippen LogP contribution < -0.4 is 10.2 Å². The third-order valence-electron chi connectivity index (χ3n) is 2.98. The summed E-state index contributed by atoms with van der Waals surface area (Å²) in [6.07, 6.45) is 0.210. The van der Waals surface area contributed by atoms with Crippen molar-refractivity contribution in [2.75, 3.05) is 31.6 Å². The summed E-state index contributed by atoms with van der Waals surface area (Å²) in [5, 5.41) is 3.17. The van der Waals surface area contributed by atoms with Gasteiger partial charge in [0.15, 0.2) is 0 Å². The minimum absolute atomic E-state index is 0.0747. The van der Waals surface area contributed by atoms with Crippen molar-refractivity contribution in [2.24, 2.45) is 0 Å². The van der Waals surface area contributed by atoms with Crippen molar-refractivity contribution in [1.29, 1.82) is 0 Å². The van der Waals surface area contributed by atoms with Gasteiger partial charge in [-0.25, -0.2) is 4.39 Å². The molecule has 18 heavy (non-hydrogen) atoms. The fraction of sp³-hybridized carbons (Fsp3) is 0.462. The minimum Gasteiger partial charge on any atom is -0.375 e. The number of morpholine rings is 1. The number of rotatable bonds is 3. The molecule has 1 aliphatic rings. The summed E-state index contributed by atoms with van der Waals surface area (Å²) in [6, 6.07) is 6.00. The van der Waals surface area contributed by atoms with E-state index in [1.165, 1.54) is 17.0 Å². The third-order valence-corrected chi connectivity index (χ3v) is 2.98. The van der Waals surface area contributed by atoms with E-state index in [9.17, 15) is 9.18 Å². The summed E-state index contributed by atoms with van der Waals surface area (Å²) in [6.45, 7) is 2.13. The molecule has 0 radical (unpaired) electrons. The first-order chi connectivity index (χ1) is 8.66. The van der Waals surface area contributed by atoms with Gasteiger partial charge in [0.25, 0.3) is 0 Å². The molecule has 0 aromatic heterocycles. The molecule has 0 aliphatic carbocycles. The second-order valence-corrected chi connectivity index (χ2v) is 4.33. The number of ether oxygens (including phenoxy) is 1. The number of anilines is 1. The van der Waals surface area contributed by atoms with E-state index in [1.54, 1.807) is 19.2 Å². The molecule has 2 rings (SSSR count). The van der Waals surface area contributed by atoms with Gasteiger partial charge in [-0.1, -0.05) is 6.07 Å². The first-order valence-electron chi connectivity index (χ1n) is 6.01. The molecule has 1 unspecified atom stereocenters. The predicted octanol–water partition coefficient (Wildman–Crippen LogP) is 1.17. The third kappa shape index (κ3) is 3.27. The molecule has 1 N–H and O–H groups in total. The summed E-state index contributed by atoms with van der Waals surface area (Å²) in [7, 11) is 1.65. The zero-order valence-corrected chi connectivity index (χ0v) is 10.4. The average Bonchev–Trinajstić information content (AvgIpc) is 2.39. The quantitative estimate of drug-likeness (QED) is 0.878. The molecule has 1 aliphatic heterocycles. The van der Waals surface area contributed by atoms with E-state index in [2.05, 4.69) is 5.32 Å². The van der Waals surface area contributed by atoms with Crippen molar-refractivity contribution in [3.05, 3.63) is 30.1 Å². The number of nitrogens with zero attached hydrogens (tertiary/aromatic N) is 1. The van der Waals surface area contributed by atoms with Crippen LogP contribution in [0.4, 0.5) is 10.1 Å². The maximum Gasteiger partial charge on any atom is 0.229 e. The van der Waals surface area contributed by atoms with E-state index >= 15 is 0 Å². The predicted molar refractivity (Wildman–Crippen MR) is 67.0 cm³/mol. The number of carbonyl (C=O) groups excluding carboxylic acids is 1. The molecule has 4 nitrogen and oxygen atoms in total. The van der Waals surface area contributed by atoms with Crippen molar-refractivity contribution in [3.8, 4) is 0 Å². The Morgan fingerprint density at radius 2 is 2.44 bits per heavy atom. The molecule has 98 valence electrons. The Balaban J connectivity index is 1.95. The smallest absolute Gasteiger partial charge is 0.229 e. The van der Waals surface area contributed by atoms with E-state index in [4.69, 9.17) is 4.74 Å². The Hall–Kier alpha value is -1.46. The van der Waals surface area contributed by atoms with Crippen LogP contribution in [0.3, 0.4) is 0 Å². The zero-order chi connectivity index (χ0) is 13.0. The summed E-state index contributed by atoms with van der Waals surface area (Å²) in [5.41, 5.74) is 0.559. The number of hydrogen-bond donors (Lipinski definition) is 1. The Bertz CT molecular complexity index is 419. The van der Waals surface area contributed by atoms with E-state index in [0.717, 1.165) is 6.54 Å². The fourth-order valence-electron chi connectivity index (χ4n) is 1.91. The van der Waals surface area contributed by atoms with Gasteiger partial charge >= 0.3 is 0 Å². The maximum atomic E-state index is 13.1. The lowest BCUT2D eigenvalue weighted by Gasteiger charge is -2.25. The molecule has 5 heteroatoms. The second-order valence-electron chi connectivity index (χ2n) is 4.33. The Kier molecular flexibility index (Phi) is 4.28. The van der Waals surface area contributed by atoms with Crippen LogP contribution in [0.15, 0.2) is 24.3 Å². The van der Waals surface area contributed by atoms with Crippen molar-refractivity contribution < 1.29 is 13.9 Å². The monoisotopic (exact) mass is 252 g/mol. The number of hydrogen-bond acceptors (Lipinski definition) is 3. The van der Waals surface area contributed by atoms with Crippen molar-refractivity contribution in [2.45, 2.75) is 12.5 Å². The van der Waals surface area contributed by atoms with Crippen LogP contribution in [0.25, 0.3) is 0 Å². The highest BCUT2D eigenvalue weighted by atomic mass is 19.1. The second kappa shape index (κ2) is 5.93. The molecule has 1 aromatic carbocycles. The fourth-order valence-corrected chi connectivity index (χ4v) is 1.91. The van der Waals surface area contributed by atoms with Crippen LogP contribution in [0.2, 0.25) is 0 Å². The summed E-state index contributed by atoms with van der Waals surface area (Å²) >= 11 is 0. The lowest BCUT2D eigenvalue weighted by atomic mass is 10.2. The lowest BCUT2D eigenvalue weighted by molar-refractivity contribution is -0.121. The number of benzene rings is 1. The van der Waals surface area contributed by atoms with Gasteiger partial charge in [0.05, 0.1) is 19.1 Å². The van der Waals surface area contributed by atoms with Crippen molar-refractivity contribution in [1.82, 2.24) is 5.32 Å². The van der Waals surface area contributed by atoms with Gasteiger partial charge in [-0.15, -0.1) is 0 Å². The van der Waals surface area contributed by atoms with Gasteiger partial charge in [-0.3, -0.25) is 4.79 Å². The van der Waals surface area contributed by atoms with Gasteiger partial charge in [-0.2, -0.15) is 0 Å². The maximum absolute atomic E-state index is 13.1. The van der Waals surface area contributed by atoms with Crippen LogP contribution in [-0.2, 0) is 9.53 Å². The molecule has 0 bridgehead atoms. The van der Waals surface area contributed by atoms with Gasteiger partial charge in [0.2, 0.25) is 5.91 Å². The van der Waals surface area contributed by atoms with Gasteiger partial charge in [0.1, 0.15) is 5.82 Å². The normalized spacial score (nSPS) is 19.6. The van der Waals surface area contributed by atoms with Crippen molar-refractivity contribution >= 4 is 11.6 Å². The highest BCUT2D eigenvalue weighted by Gasteiger charge is 2.20. The highest BCUT2D eigenvalue weighted by Crippen LogP contribution is 2.16. The van der Waals surface area contributed by atoms with Gasteiger partial charge < -0.3 is 15.0 Å². The van der Waals surface area contributed by atoms with E-state index in [1.807, 2.05) is 0 Å². The summed E-state index contributed by atoms with van der Waals surface area (Å²) in [5.74, 6) is -0.419. The molecular formula is C13H17FN2O2. The summed E-state index contributed by atoms with van der Waals surface area (Å²) < 4.78 is 18.6. The Labute approximate surface area is 106 Å². The molecule has 1 saturated heterocycles. The van der Waals surface area contributed by atoms with E-state index in [0.29, 0.717) is 25.3 Å². The largest absolute Gasteiger partial charge is 0.375 e. The average molecular weight is 252 g/mol. The first-order valence-corrected chi connectivity index (χ1v) is 6.01. The SMILES string of the molecule is CN(C(=O)CC1CNCCO1)c1cccc(F)c1. The number of halogens is 1. The number of carbonyl (C=O) groups is 1. The van der Waals surface area contributed by atoms with Gasteiger partial charge in [0, 0.05) is 25.8 Å². The first kappa shape index (κ1) is 13.0. The molecule has 0 spiro atoms. The highest BCUT2D eigenvalue weighted by molar-refractivity contribution is 5.93. The number of amides is 1. The molecule has 1 heterocycles. The lowest BCUT2D eigenvalue weighted by Crippen LogP contribution is -2.41. The molecule has 1 amide bonds. The molecule has 1 fully saturated rings. The van der Waals surface area contributed by atoms with Crippen LogP contribution in [0.5, 0.6) is 0 Å². The number of nitrogens with one attached hydrogen (secondary N) is 1. The van der Waals surface area contributed by atoms with Crippen LogP contribution in [-0.4, -0.2) is 38.8 Å². The molecule has 1 aromatic rings. The van der Waals surface area contributed by atoms with Gasteiger partial charge in [-0.05, 0) is 18.2 Å². The van der Waals surface area contributed by atoms with E-state index in [-0.39, 0.29) is 17.8 Å². The van der Waals surface area contributed by atoms with Crippen LogP contribution in [0, 0.1) is 5.82 Å². The van der Waals surface area contributed by atoms with Crippen molar-refractivity contribution in [3.63, 3.8) is 0 Å². The molecule has 0 saturated carbocycles. The van der Waals surface area contributed by atoms with Crippen LogP contribution >= 0.6 is 0 Å². The summed E-state index contributed by atoms with van der Waals surface area (Å²) in [4.78, 5) is 13.5. The standard InChI is InChI=1S/C13H17FN2O2/c1-16(11-4-2-3-10(14)7-11)13(17)8-12-9-15-5-6-18-12/h2-4,7,12,15H,5-6,8-9H2,1H3. The molecule has 1 atom stereocenters. The minimum atomic E-state index is -0.345.